The Labute approximate surface area is 107 Å². The topological polar surface area (TPSA) is 88.1 Å². The van der Waals surface area contributed by atoms with Gasteiger partial charge in [0.05, 0.1) is 12.5 Å². The summed E-state index contributed by atoms with van der Waals surface area (Å²) in [5.41, 5.74) is 6.71. The lowest BCUT2D eigenvalue weighted by atomic mass is 10.1. The number of nitriles is 1. The fourth-order valence-electron chi connectivity index (χ4n) is 1.35. The predicted molar refractivity (Wildman–Crippen MR) is 67.8 cm³/mol. The molecule has 0 aliphatic carbocycles. The number of ether oxygens (including phenoxy) is 1. The van der Waals surface area contributed by atoms with Crippen molar-refractivity contribution in [3.8, 4) is 11.8 Å². The Bertz CT molecular complexity index is 438. The summed E-state index contributed by atoms with van der Waals surface area (Å²) in [4.78, 5) is 11.3. The summed E-state index contributed by atoms with van der Waals surface area (Å²) < 4.78 is 5.34. The molecule has 0 aliphatic rings. The third-order valence-corrected chi connectivity index (χ3v) is 2.31. The van der Waals surface area contributed by atoms with Crippen LogP contribution in [0.1, 0.15) is 24.9 Å². The first kappa shape index (κ1) is 14.0. The second kappa shape index (κ2) is 7.30. The molecule has 0 saturated heterocycles. The molecule has 0 aliphatic heterocycles. The van der Waals surface area contributed by atoms with Gasteiger partial charge in [-0.1, -0.05) is 12.1 Å². The molecule has 0 aromatic heterocycles. The molecule has 0 heterocycles. The zero-order valence-corrected chi connectivity index (χ0v) is 10.3. The van der Waals surface area contributed by atoms with E-state index in [4.69, 9.17) is 15.7 Å². The van der Waals surface area contributed by atoms with E-state index in [-0.39, 0.29) is 18.6 Å². The first-order valence-electron chi connectivity index (χ1n) is 5.75. The van der Waals surface area contributed by atoms with Crippen LogP contribution in [0.5, 0.6) is 5.75 Å². The van der Waals surface area contributed by atoms with Gasteiger partial charge in [-0.2, -0.15) is 5.26 Å². The van der Waals surface area contributed by atoms with Gasteiger partial charge in [0.1, 0.15) is 5.75 Å². The highest BCUT2D eigenvalue weighted by Gasteiger charge is 2.04. The number of rotatable bonds is 6. The fraction of sp³-hybridized carbons (Fsp3) is 0.385. The lowest BCUT2D eigenvalue weighted by Gasteiger charge is -2.09. The van der Waals surface area contributed by atoms with Crippen molar-refractivity contribution < 1.29 is 9.53 Å². The van der Waals surface area contributed by atoms with E-state index in [9.17, 15) is 4.79 Å². The number of amides is 1. The number of carbonyl (C=O) groups is 1. The summed E-state index contributed by atoms with van der Waals surface area (Å²) >= 11 is 0. The van der Waals surface area contributed by atoms with Crippen LogP contribution in [0.2, 0.25) is 0 Å². The summed E-state index contributed by atoms with van der Waals surface area (Å²) in [6.45, 7) is 2.17. The Hall–Kier alpha value is -2.06. The molecule has 0 spiro atoms. The third-order valence-electron chi connectivity index (χ3n) is 2.31. The molecule has 0 unspecified atom stereocenters. The number of carbonyl (C=O) groups excluding carboxylic acids is 1. The Morgan fingerprint density at radius 2 is 2.39 bits per heavy atom. The zero-order chi connectivity index (χ0) is 13.4. The number of nitrogens with zero attached hydrogens (tertiary/aromatic N) is 1. The van der Waals surface area contributed by atoms with Gasteiger partial charge in [0.15, 0.2) is 6.61 Å². The Morgan fingerprint density at radius 1 is 1.61 bits per heavy atom. The van der Waals surface area contributed by atoms with Gasteiger partial charge in [-0.05, 0) is 24.6 Å². The zero-order valence-electron chi connectivity index (χ0n) is 10.3. The Morgan fingerprint density at radius 3 is 3.06 bits per heavy atom. The van der Waals surface area contributed by atoms with Crippen molar-refractivity contribution in [2.24, 2.45) is 5.73 Å². The largest absolute Gasteiger partial charge is 0.484 e. The van der Waals surface area contributed by atoms with Gasteiger partial charge in [-0.3, -0.25) is 4.79 Å². The van der Waals surface area contributed by atoms with E-state index < -0.39 is 0 Å². The molecule has 5 nitrogen and oxygen atoms in total. The highest BCUT2D eigenvalue weighted by atomic mass is 16.5. The highest BCUT2D eigenvalue weighted by molar-refractivity contribution is 5.77. The summed E-state index contributed by atoms with van der Waals surface area (Å²) in [6, 6.07) is 9.20. The van der Waals surface area contributed by atoms with Gasteiger partial charge in [-0.15, -0.1) is 0 Å². The van der Waals surface area contributed by atoms with Crippen LogP contribution < -0.4 is 15.8 Å². The quantitative estimate of drug-likeness (QED) is 0.737. The second-order valence-corrected chi connectivity index (χ2v) is 3.91. The maximum atomic E-state index is 11.3. The molecule has 1 aromatic rings. The van der Waals surface area contributed by atoms with Crippen LogP contribution in [0.4, 0.5) is 0 Å². The van der Waals surface area contributed by atoms with E-state index in [1.165, 1.54) is 0 Å². The number of nitrogens with one attached hydrogen (secondary N) is 1. The lowest BCUT2D eigenvalue weighted by molar-refractivity contribution is -0.123. The van der Waals surface area contributed by atoms with Crippen molar-refractivity contribution in [3.63, 3.8) is 0 Å². The first-order chi connectivity index (χ1) is 8.63. The fourth-order valence-corrected chi connectivity index (χ4v) is 1.35. The average Bonchev–Trinajstić information content (AvgIpc) is 2.37. The van der Waals surface area contributed by atoms with Gasteiger partial charge in [0.25, 0.3) is 5.91 Å². The molecule has 1 aromatic carbocycles. The lowest BCUT2D eigenvalue weighted by Crippen LogP contribution is -2.29. The molecule has 96 valence electrons. The van der Waals surface area contributed by atoms with Crippen molar-refractivity contribution in [1.29, 1.82) is 5.26 Å². The summed E-state index contributed by atoms with van der Waals surface area (Å²) in [7, 11) is 0. The van der Waals surface area contributed by atoms with Crippen molar-refractivity contribution in [2.45, 2.75) is 19.4 Å². The van der Waals surface area contributed by atoms with E-state index >= 15 is 0 Å². The summed E-state index contributed by atoms with van der Waals surface area (Å²) in [6.07, 6.45) is 0.298. The third kappa shape index (κ3) is 4.85. The minimum atomic E-state index is -0.239. The van der Waals surface area contributed by atoms with Crippen LogP contribution in [-0.2, 0) is 4.79 Å². The normalized spacial score (nSPS) is 11.4. The summed E-state index contributed by atoms with van der Waals surface area (Å²) in [5, 5.41) is 10.9. The van der Waals surface area contributed by atoms with Gasteiger partial charge in [-0.25, -0.2) is 0 Å². The van der Waals surface area contributed by atoms with Crippen molar-refractivity contribution >= 4 is 5.91 Å². The van der Waals surface area contributed by atoms with Crippen LogP contribution in [0, 0.1) is 11.3 Å². The number of hydrogen-bond acceptors (Lipinski definition) is 4. The molecule has 3 N–H and O–H groups in total. The second-order valence-electron chi connectivity index (χ2n) is 3.91. The number of hydrogen-bond donors (Lipinski definition) is 2. The average molecular weight is 247 g/mol. The molecular formula is C13H17N3O2. The van der Waals surface area contributed by atoms with Crippen LogP contribution >= 0.6 is 0 Å². The van der Waals surface area contributed by atoms with E-state index in [0.717, 1.165) is 5.56 Å². The molecule has 1 atom stereocenters. The maximum Gasteiger partial charge on any atom is 0.257 e. The molecular weight excluding hydrogens is 230 g/mol. The molecule has 1 amide bonds. The molecule has 0 radical (unpaired) electrons. The molecule has 5 heteroatoms. The Balaban J connectivity index is 2.41. The minimum absolute atomic E-state index is 0.0617. The van der Waals surface area contributed by atoms with Crippen LogP contribution in [0.15, 0.2) is 24.3 Å². The van der Waals surface area contributed by atoms with Crippen LogP contribution in [0.25, 0.3) is 0 Å². The van der Waals surface area contributed by atoms with Crippen LogP contribution in [0.3, 0.4) is 0 Å². The van der Waals surface area contributed by atoms with E-state index in [2.05, 4.69) is 5.32 Å². The van der Waals surface area contributed by atoms with E-state index in [0.29, 0.717) is 18.7 Å². The maximum absolute atomic E-state index is 11.3. The highest BCUT2D eigenvalue weighted by Crippen LogP contribution is 2.17. The molecule has 0 fully saturated rings. The van der Waals surface area contributed by atoms with Crippen molar-refractivity contribution in [1.82, 2.24) is 5.32 Å². The molecule has 0 bridgehead atoms. The predicted octanol–water partition coefficient (Wildman–Crippen LogP) is 1.11. The van der Waals surface area contributed by atoms with Gasteiger partial charge in [0.2, 0.25) is 0 Å². The van der Waals surface area contributed by atoms with E-state index in [1.807, 2.05) is 31.2 Å². The number of benzene rings is 1. The van der Waals surface area contributed by atoms with Crippen molar-refractivity contribution in [2.75, 3.05) is 13.2 Å². The number of nitrogens with two attached hydrogens (primary N) is 1. The van der Waals surface area contributed by atoms with Crippen LogP contribution in [-0.4, -0.2) is 19.1 Å². The first-order valence-corrected chi connectivity index (χ1v) is 5.75. The van der Waals surface area contributed by atoms with Gasteiger partial charge >= 0.3 is 0 Å². The SMILES string of the molecule is C[C@H](N)c1cccc(OCC(=O)NCCC#N)c1. The van der Waals surface area contributed by atoms with Gasteiger partial charge in [0, 0.05) is 12.6 Å². The van der Waals surface area contributed by atoms with Gasteiger partial charge < -0.3 is 15.8 Å². The smallest absolute Gasteiger partial charge is 0.257 e. The monoisotopic (exact) mass is 247 g/mol. The van der Waals surface area contributed by atoms with Crippen molar-refractivity contribution in [3.05, 3.63) is 29.8 Å². The Kier molecular flexibility index (Phi) is 5.68. The standard InChI is InChI=1S/C13H17N3O2/c1-10(15)11-4-2-5-12(8-11)18-9-13(17)16-7-3-6-14/h2,4-5,8,10H,3,7,9,15H2,1H3,(H,16,17)/t10-/m0/s1. The molecule has 0 saturated carbocycles. The summed E-state index contributed by atoms with van der Waals surface area (Å²) in [5.74, 6) is 0.372. The minimum Gasteiger partial charge on any atom is -0.484 e. The molecule has 18 heavy (non-hydrogen) atoms. The molecule has 1 rings (SSSR count). The van der Waals surface area contributed by atoms with E-state index in [1.54, 1.807) is 6.07 Å².